The highest BCUT2D eigenvalue weighted by Crippen LogP contribution is 2.07. The molecule has 1 rings (SSSR count). The minimum atomic E-state index is -3.43. The van der Waals surface area contributed by atoms with Gasteiger partial charge in [0.1, 0.15) is 0 Å². The Morgan fingerprint density at radius 1 is 1.27 bits per heavy atom. The third-order valence-electron chi connectivity index (χ3n) is 2.33. The largest absolute Gasteiger partial charge is 0.370 e. The van der Waals surface area contributed by atoms with Crippen molar-refractivity contribution in [1.29, 1.82) is 0 Å². The molecule has 1 aliphatic heterocycles. The molecular formula is C8H18N4O2S. The zero-order valence-electron chi connectivity index (χ0n) is 8.72. The highest BCUT2D eigenvalue weighted by Gasteiger charge is 2.11. The molecule has 0 radical (unpaired) electrons. The minimum Gasteiger partial charge on any atom is -0.370 e. The van der Waals surface area contributed by atoms with Crippen molar-refractivity contribution in [1.82, 2.24) is 4.90 Å². The maximum absolute atomic E-state index is 10.6. The third-order valence-corrected chi connectivity index (χ3v) is 3.08. The first-order valence-corrected chi connectivity index (χ1v) is 6.76. The number of nitrogens with two attached hydrogens (primary N) is 2. The van der Waals surface area contributed by atoms with Crippen LogP contribution in [0, 0.1) is 0 Å². The Kier molecular flexibility index (Phi) is 4.34. The summed E-state index contributed by atoms with van der Waals surface area (Å²) in [7, 11) is -3.43. The Bertz CT molecular complexity index is 320. The number of guanidine groups is 1. The van der Waals surface area contributed by atoms with Crippen molar-refractivity contribution in [3.8, 4) is 0 Å². The molecule has 0 spiro atoms. The topological polar surface area (TPSA) is 102 Å². The summed E-state index contributed by atoms with van der Waals surface area (Å²) in [4.78, 5) is 5.97. The third kappa shape index (κ3) is 4.98. The number of rotatable bonds is 3. The first-order chi connectivity index (χ1) is 6.99. The van der Waals surface area contributed by atoms with E-state index in [2.05, 4.69) is 4.99 Å². The number of hydrogen-bond acceptors (Lipinski definition) is 3. The van der Waals surface area contributed by atoms with Gasteiger partial charge in [-0.25, -0.2) is 13.6 Å². The van der Waals surface area contributed by atoms with Crippen LogP contribution in [0.4, 0.5) is 0 Å². The van der Waals surface area contributed by atoms with Crippen LogP contribution in [-0.2, 0) is 10.0 Å². The molecule has 15 heavy (non-hydrogen) atoms. The Hall–Kier alpha value is -0.820. The van der Waals surface area contributed by atoms with Crippen LogP contribution in [0.5, 0.6) is 0 Å². The molecule has 0 unspecified atom stereocenters. The highest BCUT2D eigenvalue weighted by molar-refractivity contribution is 7.89. The van der Waals surface area contributed by atoms with Gasteiger partial charge in [-0.2, -0.15) is 0 Å². The average molecular weight is 234 g/mol. The lowest BCUT2D eigenvalue weighted by Crippen LogP contribution is -2.41. The van der Waals surface area contributed by atoms with Crippen molar-refractivity contribution in [3.63, 3.8) is 0 Å². The molecule has 0 aromatic rings. The van der Waals surface area contributed by atoms with Crippen LogP contribution in [0.1, 0.15) is 19.3 Å². The first-order valence-electron chi connectivity index (χ1n) is 5.04. The Morgan fingerprint density at radius 3 is 2.40 bits per heavy atom. The average Bonchev–Trinajstić information content (AvgIpc) is 2.17. The van der Waals surface area contributed by atoms with Gasteiger partial charge in [-0.1, -0.05) is 0 Å². The quantitative estimate of drug-likeness (QED) is 0.487. The van der Waals surface area contributed by atoms with Crippen LogP contribution >= 0.6 is 0 Å². The first kappa shape index (κ1) is 12.3. The van der Waals surface area contributed by atoms with Gasteiger partial charge in [0.05, 0.1) is 12.3 Å². The fraction of sp³-hybridized carbons (Fsp3) is 0.875. The molecule has 0 aliphatic carbocycles. The fourth-order valence-electron chi connectivity index (χ4n) is 1.51. The van der Waals surface area contributed by atoms with Crippen LogP contribution in [-0.4, -0.2) is 44.7 Å². The van der Waals surface area contributed by atoms with Crippen molar-refractivity contribution >= 4 is 16.0 Å². The van der Waals surface area contributed by atoms with E-state index in [-0.39, 0.29) is 12.3 Å². The molecule has 1 fully saturated rings. The van der Waals surface area contributed by atoms with Crippen molar-refractivity contribution in [2.75, 3.05) is 25.4 Å². The number of piperidine rings is 1. The van der Waals surface area contributed by atoms with Gasteiger partial charge in [-0.3, -0.25) is 4.99 Å². The molecule has 1 heterocycles. The summed E-state index contributed by atoms with van der Waals surface area (Å²) in [5, 5.41) is 4.85. The summed E-state index contributed by atoms with van der Waals surface area (Å²) >= 11 is 0. The van der Waals surface area contributed by atoms with E-state index in [0.29, 0.717) is 5.96 Å². The van der Waals surface area contributed by atoms with Gasteiger partial charge in [-0.05, 0) is 19.3 Å². The monoisotopic (exact) mass is 234 g/mol. The summed E-state index contributed by atoms with van der Waals surface area (Å²) in [6, 6.07) is 0. The van der Waals surface area contributed by atoms with Crippen molar-refractivity contribution in [2.45, 2.75) is 19.3 Å². The predicted molar refractivity (Wildman–Crippen MR) is 59.9 cm³/mol. The molecule has 0 bridgehead atoms. The van der Waals surface area contributed by atoms with E-state index >= 15 is 0 Å². The van der Waals surface area contributed by atoms with E-state index in [1.807, 2.05) is 4.90 Å². The van der Waals surface area contributed by atoms with Crippen molar-refractivity contribution < 1.29 is 8.42 Å². The van der Waals surface area contributed by atoms with E-state index < -0.39 is 10.0 Å². The zero-order chi connectivity index (χ0) is 11.3. The molecule has 0 aromatic carbocycles. The van der Waals surface area contributed by atoms with E-state index in [4.69, 9.17) is 10.9 Å². The Labute approximate surface area is 90.4 Å². The summed E-state index contributed by atoms with van der Waals surface area (Å²) < 4.78 is 21.3. The SMILES string of the molecule is NC(=NCCS(N)(=O)=O)N1CCCCC1. The van der Waals surface area contributed by atoms with Crippen LogP contribution in [0.25, 0.3) is 0 Å². The van der Waals surface area contributed by atoms with Gasteiger partial charge in [-0.15, -0.1) is 0 Å². The summed E-state index contributed by atoms with van der Waals surface area (Å²) in [5.74, 6) is 0.278. The molecule has 88 valence electrons. The molecule has 1 aliphatic rings. The zero-order valence-corrected chi connectivity index (χ0v) is 9.54. The van der Waals surface area contributed by atoms with Crippen molar-refractivity contribution in [2.24, 2.45) is 15.9 Å². The highest BCUT2D eigenvalue weighted by atomic mass is 32.2. The van der Waals surface area contributed by atoms with Crippen LogP contribution < -0.4 is 10.9 Å². The predicted octanol–water partition coefficient (Wildman–Crippen LogP) is -0.924. The fourth-order valence-corrected chi connectivity index (χ4v) is 1.86. The molecule has 0 aromatic heterocycles. The standard InChI is InChI=1S/C8H18N4O2S/c9-8(11-4-7-15(10,13)14)12-5-2-1-3-6-12/h1-7H2,(H2,9,11)(H2,10,13,14). The Balaban J connectivity index is 2.38. The van der Waals surface area contributed by atoms with E-state index in [1.165, 1.54) is 6.42 Å². The number of likely N-dealkylation sites (tertiary alicyclic amines) is 1. The number of sulfonamides is 1. The van der Waals surface area contributed by atoms with Gasteiger partial charge in [0.15, 0.2) is 5.96 Å². The molecule has 0 saturated carbocycles. The summed E-state index contributed by atoms with van der Waals surface area (Å²) in [5.41, 5.74) is 5.72. The number of hydrogen-bond donors (Lipinski definition) is 2. The van der Waals surface area contributed by atoms with Gasteiger partial charge in [0.25, 0.3) is 0 Å². The lowest BCUT2D eigenvalue weighted by atomic mass is 10.1. The van der Waals surface area contributed by atoms with Gasteiger partial charge in [0.2, 0.25) is 10.0 Å². The molecule has 1 saturated heterocycles. The van der Waals surface area contributed by atoms with Crippen LogP contribution in [0.15, 0.2) is 4.99 Å². The lowest BCUT2D eigenvalue weighted by Gasteiger charge is -2.27. The smallest absolute Gasteiger partial charge is 0.210 e. The van der Waals surface area contributed by atoms with Gasteiger partial charge in [0, 0.05) is 13.1 Å². The second kappa shape index (κ2) is 5.32. The van der Waals surface area contributed by atoms with Crippen LogP contribution in [0.2, 0.25) is 0 Å². The second-order valence-electron chi connectivity index (χ2n) is 3.65. The summed E-state index contributed by atoms with van der Waals surface area (Å²) in [6.07, 6.45) is 3.46. The maximum atomic E-state index is 10.6. The minimum absolute atomic E-state index is 0.140. The van der Waals surface area contributed by atoms with E-state index in [0.717, 1.165) is 25.9 Å². The number of nitrogens with zero attached hydrogens (tertiary/aromatic N) is 2. The molecule has 7 heteroatoms. The molecule has 0 atom stereocenters. The van der Waals surface area contributed by atoms with E-state index in [1.54, 1.807) is 0 Å². The van der Waals surface area contributed by atoms with Gasteiger partial charge < -0.3 is 10.6 Å². The Morgan fingerprint density at radius 2 is 1.87 bits per heavy atom. The normalized spacial score (nSPS) is 19.3. The maximum Gasteiger partial charge on any atom is 0.210 e. The molecular weight excluding hydrogens is 216 g/mol. The van der Waals surface area contributed by atoms with E-state index in [9.17, 15) is 8.42 Å². The van der Waals surface area contributed by atoms with Crippen LogP contribution in [0.3, 0.4) is 0 Å². The number of primary sulfonamides is 1. The summed E-state index contributed by atoms with van der Waals surface area (Å²) in [6.45, 7) is 1.95. The van der Waals surface area contributed by atoms with Crippen molar-refractivity contribution in [3.05, 3.63) is 0 Å². The molecule has 0 amide bonds. The molecule has 4 N–H and O–H groups in total. The van der Waals surface area contributed by atoms with Gasteiger partial charge >= 0.3 is 0 Å². The lowest BCUT2D eigenvalue weighted by molar-refractivity contribution is 0.338. The second-order valence-corrected chi connectivity index (χ2v) is 5.39. The molecule has 6 nitrogen and oxygen atoms in total. The number of aliphatic imine (C=N–C) groups is 1.